The first kappa shape index (κ1) is 16.3. The SMILES string of the molecule is CCCCCCCCCN1C(=O)NC2(CCCNC2)C1=O. The Morgan fingerprint density at radius 1 is 1.10 bits per heavy atom. The predicted octanol–water partition coefficient (Wildman–Crippen LogP) is 2.41. The van der Waals surface area contributed by atoms with E-state index in [-0.39, 0.29) is 11.9 Å². The molecule has 2 saturated heterocycles. The fourth-order valence-electron chi connectivity index (χ4n) is 3.30. The summed E-state index contributed by atoms with van der Waals surface area (Å²) in [6.07, 6.45) is 10.1. The highest BCUT2D eigenvalue weighted by Gasteiger charge is 2.51. The molecule has 3 amide bonds. The number of imide groups is 1. The van der Waals surface area contributed by atoms with Crippen LogP contribution in [0.4, 0.5) is 4.79 Å². The number of carbonyl (C=O) groups excluding carboxylic acids is 2. The number of hydrogen-bond acceptors (Lipinski definition) is 3. The maximum Gasteiger partial charge on any atom is 0.325 e. The van der Waals surface area contributed by atoms with Gasteiger partial charge in [0.15, 0.2) is 0 Å². The molecule has 21 heavy (non-hydrogen) atoms. The van der Waals surface area contributed by atoms with Crippen LogP contribution in [0.25, 0.3) is 0 Å². The Morgan fingerprint density at radius 3 is 2.48 bits per heavy atom. The summed E-state index contributed by atoms with van der Waals surface area (Å²) < 4.78 is 0. The van der Waals surface area contributed by atoms with E-state index in [1.54, 1.807) is 0 Å². The highest BCUT2D eigenvalue weighted by molar-refractivity contribution is 6.07. The normalized spacial score (nSPS) is 25.7. The molecule has 2 N–H and O–H groups in total. The fraction of sp³-hybridized carbons (Fsp3) is 0.875. The molecule has 1 atom stereocenters. The molecule has 0 aromatic rings. The van der Waals surface area contributed by atoms with E-state index in [0.29, 0.717) is 13.1 Å². The molecule has 0 aromatic heterocycles. The largest absolute Gasteiger partial charge is 0.325 e. The average molecular weight is 295 g/mol. The lowest BCUT2D eigenvalue weighted by atomic mass is 9.90. The van der Waals surface area contributed by atoms with Gasteiger partial charge in [0.25, 0.3) is 5.91 Å². The van der Waals surface area contributed by atoms with Crippen molar-refractivity contribution in [2.24, 2.45) is 0 Å². The first-order chi connectivity index (χ1) is 10.2. The molecular weight excluding hydrogens is 266 g/mol. The van der Waals surface area contributed by atoms with Crippen molar-refractivity contribution in [2.75, 3.05) is 19.6 Å². The van der Waals surface area contributed by atoms with E-state index in [0.717, 1.165) is 32.2 Å². The molecule has 5 nitrogen and oxygen atoms in total. The summed E-state index contributed by atoms with van der Waals surface area (Å²) in [5.41, 5.74) is -0.656. The number of nitrogens with zero attached hydrogens (tertiary/aromatic N) is 1. The van der Waals surface area contributed by atoms with E-state index in [1.807, 2.05) is 0 Å². The Hall–Kier alpha value is -1.10. The van der Waals surface area contributed by atoms with Crippen molar-refractivity contribution in [1.82, 2.24) is 15.5 Å². The van der Waals surface area contributed by atoms with Crippen molar-refractivity contribution in [3.8, 4) is 0 Å². The van der Waals surface area contributed by atoms with Gasteiger partial charge in [-0.15, -0.1) is 0 Å². The summed E-state index contributed by atoms with van der Waals surface area (Å²) >= 11 is 0. The number of nitrogens with one attached hydrogen (secondary N) is 2. The Morgan fingerprint density at radius 2 is 1.81 bits per heavy atom. The molecule has 1 spiro atoms. The first-order valence-electron chi connectivity index (χ1n) is 8.54. The van der Waals surface area contributed by atoms with E-state index < -0.39 is 5.54 Å². The van der Waals surface area contributed by atoms with Gasteiger partial charge in [0.2, 0.25) is 0 Å². The van der Waals surface area contributed by atoms with Gasteiger partial charge in [-0.25, -0.2) is 4.79 Å². The van der Waals surface area contributed by atoms with E-state index in [4.69, 9.17) is 0 Å². The van der Waals surface area contributed by atoms with Crippen molar-refractivity contribution >= 4 is 11.9 Å². The van der Waals surface area contributed by atoms with E-state index in [9.17, 15) is 9.59 Å². The second-order valence-corrected chi connectivity index (χ2v) is 6.37. The monoisotopic (exact) mass is 295 g/mol. The third-order valence-electron chi connectivity index (χ3n) is 4.62. The number of urea groups is 1. The van der Waals surface area contributed by atoms with Crippen LogP contribution in [0.2, 0.25) is 0 Å². The maximum absolute atomic E-state index is 12.5. The molecule has 1 unspecified atom stereocenters. The molecule has 120 valence electrons. The topological polar surface area (TPSA) is 61.4 Å². The van der Waals surface area contributed by atoms with Crippen LogP contribution in [-0.2, 0) is 4.79 Å². The van der Waals surface area contributed by atoms with Crippen molar-refractivity contribution in [2.45, 2.75) is 70.3 Å². The summed E-state index contributed by atoms with van der Waals surface area (Å²) in [5.74, 6) is -0.0225. The summed E-state index contributed by atoms with van der Waals surface area (Å²) in [6.45, 7) is 4.29. The number of amides is 3. The number of hydrogen-bond donors (Lipinski definition) is 2. The zero-order valence-corrected chi connectivity index (χ0v) is 13.2. The Bertz CT molecular complexity index is 365. The highest BCUT2D eigenvalue weighted by atomic mass is 16.2. The lowest BCUT2D eigenvalue weighted by Crippen LogP contribution is -2.57. The Labute approximate surface area is 127 Å². The van der Waals surface area contributed by atoms with Crippen LogP contribution in [0.15, 0.2) is 0 Å². The number of unbranched alkanes of at least 4 members (excludes halogenated alkanes) is 6. The van der Waals surface area contributed by atoms with Gasteiger partial charge in [0.1, 0.15) is 5.54 Å². The average Bonchev–Trinajstić information content (AvgIpc) is 2.71. The minimum Gasteiger partial charge on any atom is -0.322 e. The van der Waals surface area contributed by atoms with Crippen LogP contribution in [-0.4, -0.2) is 42.0 Å². The van der Waals surface area contributed by atoms with Gasteiger partial charge in [0.05, 0.1) is 0 Å². The molecule has 2 heterocycles. The van der Waals surface area contributed by atoms with E-state index >= 15 is 0 Å². The van der Waals surface area contributed by atoms with Gasteiger partial charge in [-0.1, -0.05) is 45.4 Å². The van der Waals surface area contributed by atoms with Crippen LogP contribution in [0.3, 0.4) is 0 Å². The lowest BCUT2D eigenvalue weighted by Gasteiger charge is -2.31. The van der Waals surface area contributed by atoms with Crippen molar-refractivity contribution in [3.63, 3.8) is 0 Å². The molecule has 0 bridgehead atoms. The molecule has 0 radical (unpaired) electrons. The zero-order valence-electron chi connectivity index (χ0n) is 13.2. The van der Waals surface area contributed by atoms with Gasteiger partial charge in [0, 0.05) is 13.1 Å². The Kier molecular flexibility index (Phi) is 6.03. The van der Waals surface area contributed by atoms with Crippen LogP contribution in [0.5, 0.6) is 0 Å². The molecule has 2 aliphatic rings. The molecule has 2 fully saturated rings. The fourth-order valence-corrected chi connectivity index (χ4v) is 3.30. The molecular formula is C16H29N3O2. The van der Waals surface area contributed by atoms with Crippen LogP contribution < -0.4 is 10.6 Å². The second-order valence-electron chi connectivity index (χ2n) is 6.37. The quantitative estimate of drug-likeness (QED) is 0.534. The molecule has 0 aliphatic carbocycles. The second kappa shape index (κ2) is 7.78. The molecule has 0 saturated carbocycles. The zero-order chi connectivity index (χ0) is 15.1. The summed E-state index contributed by atoms with van der Waals surface area (Å²) in [6, 6.07) is -0.199. The van der Waals surface area contributed by atoms with Gasteiger partial charge in [-0.2, -0.15) is 0 Å². The third kappa shape index (κ3) is 3.96. The van der Waals surface area contributed by atoms with Gasteiger partial charge in [-0.05, 0) is 25.8 Å². The van der Waals surface area contributed by atoms with E-state index in [2.05, 4.69) is 17.6 Å². The van der Waals surface area contributed by atoms with Gasteiger partial charge in [-0.3, -0.25) is 9.69 Å². The smallest absolute Gasteiger partial charge is 0.322 e. The van der Waals surface area contributed by atoms with Crippen LogP contribution in [0, 0.1) is 0 Å². The molecule has 2 aliphatic heterocycles. The van der Waals surface area contributed by atoms with Crippen LogP contribution in [0.1, 0.15) is 64.7 Å². The predicted molar refractivity (Wildman–Crippen MR) is 83.1 cm³/mol. The van der Waals surface area contributed by atoms with Crippen molar-refractivity contribution in [3.05, 3.63) is 0 Å². The number of rotatable bonds is 8. The first-order valence-corrected chi connectivity index (χ1v) is 8.54. The molecule has 5 heteroatoms. The summed E-state index contributed by atoms with van der Waals surface area (Å²) in [4.78, 5) is 26.0. The minimum absolute atomic E-state index is 0.0225. The number of carbonyl (C=O) groups is 2. The lowest BCUT2D eigenvalue weighted by molar-refractivity contribution is -0.131. The Balaban J connectivity index is 1.71. The molecule has 2 rings (SSSR count). The summed E-state index contributed by atoms with van der Waals surface area (Å²) in [5, 5.41) is 6.14. The third-order valence-corrected chi connectivity index (χ3v) is 4.62. The molecule has 0 aromatic carbocycles. The van der Waals surface area contributed by atoms with Crippen LogP contribution >= 0.6 is 0 Å². The van der Waals surface area contributed by atoms with Crippen molar-refractivity contribution in [1.29, 1.82) is 0 Å². The highest BCUT2D eigenvalue weighted by Crippen LogP contribution is 2.25. The minimum atomic E-state index is -0.656. The summed E-state index contributed by atoms with van der Waals surface area (Å²) in [7, 11) is 0. The van der Waals surface area contributed by atoms with Gasteiger partial charge < -0.3 is 10.6 Å². The maximum atomic E-state index is 12.5. The standard InChI is InChI=1S/C16H29N3O2/c1-2-3-4-5-6-7-8-12-19-14(20)16(18-15(19)21)10-9-11-17-13-16/h17H,2-13H2,1H3,(H,18,21). The van der Waals surface area contributed by atoms with Gasteiger partial charge >= 0.3 is 6.03 Å². The van der Waals surface area contributed by atoms with Crippen molar-refractivity contribution < 1.29 is 9.59 Å². The number of piperidine rings is 1. The van der Waals surface area contributed by atoms with E-state index in [1.165, 1.54) is 37.0 Å².